The molecule has 4 heteroatoms. The first-order valence-corrected chi connectivity index (χ1v) is 6.49. The van der Waals surface area contributed by atoms with E-state index in [2.05, 4.69) is 17.2 Å². The minimum Gasteiger partial charge on any atom is -0.508 e. The number of phenolic OH excluding ortho intramolecular Hbond substituents is 1. The fourth-order valence-corrected chi connectivity index (χ4v) is 1.71. The molecule has 0 atom stereocenters. The van der Waals surface area contributed by atoms with Gasteiger partial charge in [0.15, 0.2) is 0 Å². The van der Waals surface area contributed by atoms with Crippen LogP contribution in [0.15, 0.2) is 48.5 Å². The zero-order valence-electron chi connectivity index (χ0n) is 11.3. The second kappa shape index (κ2) is 7.13. The number of aromatic hydroxyl groups is 1. The molecule has 0 saturated carbocycles. The van der Waals surface area contributed by atoms with E-state index < -0.39 is 0 Å². The second-order valence-electron chi connectivity index (χ2n) is 4.36. The summed E-state index contributed by atoms with van der Waals surface area (Å²) in [7, 11) is 0. The van der Waals surface area contributed by atoms with Gasteiger partial charge in [-0.1, -0.05) is 17.9 Å². The van der Waals surface area contributed by atoms with Crippen LogP contribution >= 0.6 is 0 Å². The summed E-state index contributed by atoms with van der Waals surface area (Å²) in [4.78, 5) is 12.0. The molecule has 0 heterocycles. The van der Waals surface area contributed by atoms with Crippen LogP contribution in [-0.2, 0) is 0 Å². The van der Waals surface area contributed by atoms with Gasteiger partial charge in [0, 0.05) is 23.2 Å². The SMILES string of the molecule is O=C(Nc1cccc(C#CCCO)c1)c1ccc(O)cc1. The van der Waals surface area contributed by atoms with Crippen molar-refractivity contribution in [1.82, 2.24) is 0 Å². The van der Waals surface area contributed by atoms with Crippen LogP contribution in [0, 0.1) is 11.8 Å². The van der Waals surface area contributed by atoms with Gasteiger partial charge in [0.2, 0.25) is 0 Å². The molecule has 0 unspecified atom stereocenters. The number of amides is 1. The molecule has 2 aromatic carbocycles. The van der Waals surface area contributed by atoms with Crippen LogP contribution < -0.4 is 5.32 Å². The molecule has 106 valence electrons. The highest BCUT2D eigenvalue weighted by atomic mass is 16.3. The maximum atomic E-state index is 12.0. The Balaban J connectivity index is 2.09. The first kappa shape index (κ1) is 14.6. The van der Waals surface area contributed by atoms with Crippen molar-refractivity contribution in [2.45, 2.75) is 6.42 Å². The summed E-state index contributed by atoms with van der Waals surface area (Å²) in [6, 6.07) is 13.2. The van der Waals surface area contributed by atoms with Gasteiger partial charge in [0.25, 0.3) is 5.91 Å². The maximum Gasteiger partial charge on any atom is 0.255 e. The molecule has 0 bridgehead atoms. The molecule has 0 aliphatic heterocycles. The fraction of sp³-hybridized carbons (Fsp3) is 0.118. The number of nitrogens with one attached hydrogen (secondary N) is 1. The van der Waals surface area contributed by atoms with Gasteiger partial charge in [-0.25, -0.2) is 0 Å². The topological polar surface area (TPSA) is 69.6 Å². The number of aliphatic hydroxyl groups excluding tert-OH is 1. The Labute approximate surface area is 123 Å². The van der Waals surface area contributed by atoms with E-state index in [-0.39, 0.29) is 18.3 Å². The molecule has 4 nitrogen and oxygen atoms in total. The number of carbonyl (C=O) groups is 1. The Morgan fingerprint density at radius 3 is 2.62 bits per heavy atom. The summed E-state index contributed by atoms with van der Waals surface area (Å²) in [5.74, 6) is 5.61. The van der Waals surface area contributed by atoms with Crippen molar-refractivity contribution in [2.75, 3.05) is 11.9 Å². The molecule has 0 aromatic heterocycles. The summed E-state index contributed by atoms with van der Waals surface area (Å²) in [5.41, 5.74) is 1.88. The lowest BCUT2D eigenvalue weighted by molar-refractivity contribution is 0.102. The average Bonchev–Trinajstić information content (AvgIpc) is 2.48. The number of hydrogen-bond acceptors (Lipinski definition) is 3. The second-order valence-corrected chi connectivity index (χ2v) is 4.36. The van der Waals surface area contributed by atoms with Crippen LogP contribution in [0.4, 0.5) is 5.69 Å². The number of aliphatic hydroxyl groups is 1. The largest absolute Gasteiger partial charge is 0.508 e. The van der Waals surface area contributed by atoms with E-state index in [1.165, 1.54) is 12.1 Å². The highest BCUT2D eigenvalue weighted by molar-refractivity contribution is 6.04. The average molecular weight is 281 g/mol. The van der Waals surface area contributed by atoms with Crippen LogP contribution in [0.1, 0.15) is 22.3 Å². The molecule has 21 heavy (non-hydrogen) atoms. The van der Waals surface area contributed by atoms with E-state index in [1.807, 2.05) is 6.07 Å². The Kier molecular flexibility index (Phi) is 4.97. The van der Waals surface area contributed by atoms with Gasteiger partial charge < -0.3 is 15.5 Å². The number of phenols is 1. The number of anilines is 1. The number of carbonyl (C=O) groups excluding carboxylic acids is 1. The van der Waals surface area contributed by atoms with Gasteiger partial charge >= 0.3 is 0 Å². The fourth-order valence-electron chi connectivity index (χ4n) is 1.71. The zero-order chi connectivity index (χ0) is 15.1. The van der Waals surface area contributed by atoms with Crippen molar-refractivity contribution in [1.29, 1.82) is 0 Å². The molecule has 0 radical (unpaired) electrons. The van der Waals surface area contributed by atoms with Crippen molar-refractivity contribution in [3.63, 3.8) is 0 Å². The Hall–Kier alpha value is -2.77. The van der Waals surface area contributed by atoms with E-state index in [9.17, 15) is 9.90 Å². The van der Waals surface area contributed by atoms with Crippen LogP contribution in [0.2, 0.25) is 0 Å². The highest BCUT2D eigenvalue weighted by Crippen LogP contribution is 2.14. The maximum absolute atomic E-state index is 12.0. The number of rotatable bonds is 3. The molecule has 0 aliphatic rings. The molecule has 2 aromatic rings. The lowest BCUT2D eigenvalue weighted by Crippen LogP contribution is -2.11. The third-order valence-electron chi connectivity index (χ3n) is 2.72. The standard InChI is InChI=1S/C17H15NO3/c19-11-2-1-4-13-5-3-6-15(12-13)18-17(21)14-7-9-16(20)10-8-14/h3,5-10,12,19-20H,2,11H2,(H,18,21). The van der Waals surface area contributed by atoms with Gasteiger partial charge in [0.05, 0.1) is 6.61 Å². The summed E-state index contributed by atoms with van der Waals surface area (Å²) in [6.45, 7) is 0.0320. The summed E-state index contributed by atoms with van der Waals surface area (Å²) >= 11 is 0. The van der Waals surface area contributed by atoms with E-state index in [4.69, 9.17) is 5.11 Å². The van der Waals surface area contributed by atoms with Crippen molar-refractivity contribution in [3.8, 4) is 17.6 Å². The monoisotopic (exact) mass is 281 g/mol. The minimum absolute atomic E-state index is 0.0320. The van der Waals surface area contributed by atoms with Gasteiger partial charge in [-0.3, -0.25) is 4.79 Å². The molecule has 2 rings (SSSR count). The van der Waals surface area contributed by atoms with E-state index in [0.29, 0.717) is 17.7 Å². The van der Waals surface area contributed by atoms with Gasteiger partial charge in [-0.05, 0) is 42.5 Å². The third-order valence-corrected chi connectivity index (χ3v) is 2.72. The van der Waals surface area contributed by atoms with E-state index >= 15 is 0 Å². The number of hydrogen-bond donors (Lipinski definition) is 3. The molecular formula is C17H15NO3. The Morgan fingerprint density at radius 1 is 1.14 bits per heavy atom. The Bertz CT molecular complexity index is 681. The van der Waals surface area contributed by atoms with Gasteiger partial charge in [-0.15, -0.1) is 0 Å². The smallest absolute Gasteiger partial charge is 0.255 e. The van der Waals surface area contributed by atoms with Crippen LogP contribution in [0.3, 0.4) is 0 Å². The first-order chi connectivity index (χ1) is 10.2. The van der Waals surface area contributed by atoms with Gasteiger partial charge in [0.1, 0.15) is 5.75 Å². The molecule has 0 aliphatic carbocycles. The predicted octanol–water partition coefficient (Wildman–Crippen LogP) is 2.38. The molecule has 0 spiro atoms. The van der Waals surface area contributed by atoms with Crippen LogP contribution in [0.5, 0.6) is 5.75 Å². The highest BCUT2D eigenvalue weighted by Gasteiger charge is 2.05. The van der Waals surface area contributed by atoms with Crippen LogP contribution in [0.25, 0.3) is 0 Å². The summed E-state index contributed by atoms with van der Waals surface area (Å²) < 4.78 is 0. The molecular weight excluding hydrogens is 266 g/mol. The van der Waals surface area contributed by atoms with Crippen molar-refractivity contribution >= 4 is 11.6 Å². The first-order valence-electron chi connectivity index (χ1n) is 6.49. The number of benzene rings is 2. The summed E-state index contributed by atoms with van der Waals surface area (Å²) in [6.07, 6.45) is 0.421. The van der Waals surface area contributed by atoms with E-state index in [1.54, 1.807) is 30.3 Å². The van der Waals surface area contributed by atoms with Crippen LogP contribution in [-0.4, -0.2) is 22.7 Å². The zero-order valence-corrected chi connectivity index (χ0v) is 11.3. The normalized spacial score (nSPS) is 9.57. The van der Waals surface area contributed by atoms with Gasteiger partial charge in [-0.2, -0.15) is 0 Å². The van der Waals surface area contributed by atoms with Crippen molar-refractivity contribution < 1.29 is 15.0 Å². The quantitative estimate of drug-likeness (QED) is 0.757. The molecule has 1 amide bonds. The summed E-state index contributed by atoms with van der Waals surface area (Å²) in [5, 5.41) is 20.7. The third kappa shape index (κ3) is 4.37. The Morgan fingerprint density at radius 2 is 1.90 bits per heavy atom. The molecule has 0 fully saturated rings. The van der Waals surface area contributed by atoms with Crippen molar-refractivity contribution in [2.24, 2.45) is 0 Å². The lowest BCUT2D eigenvalue weighted by Gasteiger charge is -2.05. The van der Waals surface area contributed by atoms with E-state index in [0.717, 1.165) is 5.56 Å². The molecule has 0 saturated heterocycles. The molecule has 3 N–H and O–H groups in total. The lowest BCUT2D eigenvalue weighted by atomic mass is 10.1. The minimum atomic E-state index is -0.254. The predicted molar refractivity (Wildman–Crippen MR) is 81.1 cm³/mol. The van der Waals surface area contributed by atoms with Crippen molar-refractivity contribution in [3.05, 3.63) is 59.7 Å².